The Labute approximate surface area is 103 Å². The van der Waals surface area contributed by atoms with Gasteiger partial charge in [-0.2, -0.15) is 11.8 Å². The second-order valence-electron chi connectivity index (χ2n) is 3.13. The molecule has 1 rings (SSSR count). The summed E-state index contributed by atoms with van der Waals surface area (Å²) in [6.45, 7) is 0.392. The van der Waals surface area contributed by atoms with Crippen molar-refractivity contribution >= 4 is 23.6 Å². The number of thioether (sulfide) groups is 1. The van der Waals surface area contributed by atoms with Gasteiger partial charge in [-0.1, -0.05) is 0 Å². The van der Waals surface area contributed by atoms with Crippen LogP contribution in [-0.4, -0.2) is 39.3 Å². The zero-order valence-electron chi connectivity index (χ0n) is 9.01. The number of aromatic hydroxyl groups is 1. The molecule has 92 valence electrons. The normalized spacial score (nSPS) is 9.88. The predicted molar refractivity (Wildman–Crippen MR) is 65.4 cm³/mol. The molecule has 0 saturated heterocycles. The number of nitrogens with one attached hydrogen (secondary N) is 2. The number of aromatic nitrogens is 1. The average molecular weight is 255 g/mol. The second-order valence-corrected chi connectivity index (χ2v) is 4.23. The summed E-state index contributed by atoms with van der Waals surface area (Å²) in [6, 6.07) is 3.22. The molecule has 4 N–H and O–H groups in total. The molecular formula is C10H13N3O3S. The van der Waals surface area contributed by atoms with Gasteiger partial charge in [0.1, 0.15) is 5.75 Å². The van der Waals surface area contributed by atoms with Gasteiger partial charge < -0.3 is 15.5 Å². The number of rotatable bonds is 5. The van der Waals surface area contributed by atoms with Crippen LogP contribution >= 0.6 is 11.8 Å². The van der Waals surface area contributed by atoms with Crippen LogP contribution in [0.2, 0.25) is 0 Å². The molecule has 0 aliphatic rings. The molecule has 0 spiro atoms. The number of hydrogen-bond donors (Lipinski definition) is 4. The average Bonchev–Trinajstić information content (AvgIpc) is 2.30. The van der Waals surface area contributed by atoms with Crippen molar-refractivity contribution < 1.29 is 15.0 Å². The van der Waals surface area contributed by atoms with Crippen molar-refractivity contribution in [3.63, 3.8) is 0 Å². The van der Waals surface area contributed by atoms with Gasteiger partial charge in [0.2, 0.25) is 5.84 Å². The van der Waals surface area contributed by atoms with Crippen molar-refractivity contribution in [2.45, 2.75) is 5.75 Å². The number of aliphatic carboxylic acids is 1. The molecule has 1 aromatic heterocycles. The van der Waals surface area contributed by atoms with Crippen molar-refractivity contribution in [2.75, 3.05) is 12.3 Å². The van der Waals surface area contributed by atoms with Crippen LogP contribution in [0.4, 0.5) is 0 Å². The van der Waals surface area contributed by atoms with Crippen LogP contribution in [0.3, 0.4) is 0 Å². The molecule has 0 saturated carbocycles. The van der Waals surface area contributed by atoms with Gasteiger partial charge in [-0.25, -0.2) is 4.79 Å². The summed E-state index contributed by atoms with van der Waals surface area (Å²) in [5.74, 6) is -0.435. The third-order valence-corrected chi connectivity index (χ3v) is 2.84. The molecule has 0 unspecified atom stereocenters. The lowest BCUT2D eigenvalue weighted by molar-refractivity contribution is -0.129. The van der Waals surface area contributed by atoms with E-state index in [2.05, 4.69) is 10.3 Å². The standard InChI is InChI=1S/C10H13N3O3S/c11-9(10(15)16)13-4-5-17-6-7-8(14)2-1-3-12-7/h1-3,14H,4-6H2,(H2,11,13)(H,15,16). The van der Waals surface area contributed by atoms with Crippen molar-refractivity contribution in [3.8, 4) is 5.75 Å². The lowest BCUT2D eigenvalue weighted by atomic mass is 10.3. The highest BCUT2D eigenvalue weighted by Gasteiger charge is 2.05. The van der Waals surface area contributed by atoms with Gasteiger partial charge >= 0.3 is 5.97 Å². The Morgan fingerprint density at radius 2 is 2.35 bits per heavy atom. The first-order valence-corrected chi connectivity index (χ1v) is 6.03. The molecule has 6 nitrogen and oxygen atoms in total. The maximum absolute atomic E-state index is 10.3. The highest BCUT2D eigenvalue weighted by molar-refractivity contribution is 7.98. The summed E-state index contributed by atoms with van der Waals surface area (Å²) < 4.78 is 0. The van der Waals surface area contributed by atoms with Crippen LogP contribution < -0.4 is 5.32 Å². The van der Waals surface area contributed by atoms with Crippen molar-refractivity contribution in [1.82, 2.24) is 10.3 Å². The lowest BCUT2D eigenvalue weighted by Crippen LogP contribution is -2.31. The Morgan fingerprint density at radius 1 is 1.59 bits per heavy atom. The molecule has 0 amide bonds. The first kappa shape index (κ1) is 13.3. The molecule has 1 aromatic rings. The van der Waals surface area contributed by atoms with Crippen LogP contribution in [0.25, 0.3) is 0 Å². The third-order valence-electron chi connectivity index (χ3n) is 1.87. The number of hydrogen-bond acceptors (Lipinski definition) is 5. The lowest BCUT2D eigenvalue weighted by Gasteiger charge is -2.04. The third kappa shape index (κ3) is 4.73. The van der Waals surface area contributed by atoms with Gasteiger partial charge in [-0.15, -0.1) is 0 Å². The predicted octanol–water partition coefficient (Wildman–Crippen LogP) is 0.672. The number of carbonyl (C=O) groups is 1. The Balaban J connectivity index is 2.19. The Bertz CT molecular complexity index is 412. The first-order chi connectivity index (χ1) is 8.11. The van der Waals surface area contributed by atoms with Gasteiger partial charge in [0, 0.05) is 24.2 Å². The Morgan fingerprint density at radius 3 is 3.00 bits per heavy atom. The first-order valence-electron chi connectivity index (χ1n) is 4.87. The quantitative estimate of drug-likeness (QED) is 0.350. The topological polar surface area (TPSA) is 106 Å². The molecular weight excluding hydrogens is 242 g/mol. The number of carboxylic acid groups (broad SMARTS) is 1. The Kier molecular flexibility index (Phi) is 5.28. The SMILES string of the molecule is N=C(NCCSCc1ncccc1O)C(=O)O. The summed E-state index contributed by atoms with van der Waals surface area (Å²) in [5.41, 5.74) is 0.603. The van der Waals surface area contributed by atoms with Crippen molar-refractivity contribution in [2.24, 2.45) is 0 Å². The molecule has 17 heavy (non-hydrogen) atoms. The maximum atomic E-state index is 10.3. The van der Waals surface area contributed by atoms with Crippen molar-refractivity contribution in [1.29, 1.82) is 5.41 Å². The molecule has 0 radical (unpaired) electrons. The molecule has 0 aromatic carbocycles. The Hall–Kier alpha value is -1.76. The van der Waals surface area contributed by atoms with Crippen LogP contribution in [0.15, 0.2) is 18.3 Å². The van der Waals surface area contributed by atoms with Crippen LogP contribution in [0.1, 0.15) is 5.69 Å². The van der Waals surface area contributed by atoms with E-state index >= 15 is 0 Å². The van der Waals surface area contributed by atoms with E-state index in [-0.39, 0.29) is 5.75 Å². The highest BCUT2D eigenvalue weighted by Crippen LogP contribution is 2.18. The largest absolute Gasteiger partial charge is 0.506 e. The van der Waals surface area contributed by atoms with Crippen LogP contribution in [-0.2, 0) is 10.5 Å². The van der Waals surface area contributed by atoms with Gasteiger partial charge in [0.15, 0.2) is 0 Å². The minimum atomic E-state index is -1.27. The van der Waals surface area contributed by atoms with Crippen LogP contribution in [0, 0.1) is 5.41 Å². The van der Waals surface area contributed by atoms with E-state index in [0.29, 0.717) is 23.7 Å². The molecule has 0 aliphatic carbocycles. The van der Waals surface area contributed by atoms with Gasteiger partial charge in [-0.3, -0.25) is 10.4 Å². The smallest absolute Gasteiger partial charge is 0.370 e. The molecule has 0 bridgehead atoms. The van der Waals surface area contributed by atoms with E-state index in [0.717, 1.165) is 0 Å². The minimum absolute atomic E-state index is 0.159. The summed E-state index contributed by atoms with van der Waals surface area (Å²) in [7, 11) is 0. The fraction of sp³-hybridized carbons (Fsp3) is 0.300. The highest BCUT2D eigenvalue weighted by atomic mass is 32.2. The molecule has 7 heteroatoms. The summed E-state index contributed by atoms with van der Waals surface area (Å²) in [4.78, 5) is 14.3. The van der Waals surface area contributed by atoms with Crippen LogP contribution in [0.5, 0.6) is 5.75 Å². The molecule has 0 aliphatic heterocycles. The number of nitrogens with zero attached hydrogens (tertiary/aromatic N) is 1. The summed E-state index contributed by atoms with van der Waals surface area (Å²) >= 11 is 1.50. The summed E-state index contributed by atoms with van der Waals surface area (Å²) in [5, 5.41) is 27.3. The number of carboxylic acids is 1. The van der Waals surface area contributed by atoms with E-state index in [4.69, 9.17) is 10.5 Å². The van der Waals surface area contributed by atoms with Gasteiger partial charge in [0.05, 0.1) is 5.69 Å². The van der Waals surface area contributed by atoms with Crippen molar-refractivity contribution in [3.05, 3.63) is 24.0 Å². The number of amidine groups is 1. The fourth-order valence-corrected chi connectivity index (χ4v) is 1.84. The van der Waals surface area contributed by atoms with E-state index in [1.165, 1.54) is 11.8 Å². The van der Waals surface area contributed by atoms with E-state index < -0.39 is 11.8 Å². The molecule has 0 fully saturated rings. The van der Waals surface area contributed by atoms with E-state index in [1.54, 1.807) is 18.3 Å². The summed E-state index contributed by atoms with van der Waals surface area (Å²) in [6.07, 6.45) is 1.61. The maximum Gasteiger partial charge on any atom is 0.370 e. The van der Waals surface area contributed by atoms with E-state index in [9.17, 15) is 9.90 Å². The van der Waals surface area contributed by atoms with Gasteiger partial charge in [0.25, 0.3) is 0 Å². The number of pyridine rings is 1. The fourth-order valence-electron chi connectivity index (χ4n) is 1.03. The zero-order chi connectivity index (χ0) is 12.7. The molecule has 1 heterocycles. The minimum Gasteiger partial charge on any atom is -0.506 e. The monoisotopic (exact) mass is 255 g/mol. The second kappa shape index (κ2) is 6.74. The zero-order valence-corrected chi connectivity index (χ0v) is 9.83. The molecule has 0 atom stereocenters. The van der Waals surface area contributed by atoms with Gasteiger partial charge in [-0.05, 0) is 12.1 Å². The van der Waals surface area contributed by atoms with E-state index in [1.807, 2.05) is 0 Å².